The van der Waals surface area contributed by atoms with E-state index in [-0.39, 0.29) is 5.75 Å². The third-order valence-corrected chi connectivity index (χ3v) is 1.76. The average Bonchev–Trinajstić information content (AvgIpc) is 2.04. The number of nitrogens with two attached hydrogens (primary N) is 1. The van der Waals surface area contributed by atoms with Crippen LogP contribution in [0.4, 0.5) is 5.69 Å². The maximum atomic E-state index is 9.36. The van der Waals surface area contributed by atoms with E-state index in [1.807, 2.05) is 0 Å². The highest BCUT2D eigenvalue weighted by molar-refractivity contribution is 5.89. The standard InChI is InChI=1S/C9H8N2O/c10-7-1-2-8-6(3-7)4-11-5-9(8)12/h1-5,12H,10H2. The zero-order valence-electron chi connectivity index (χ0n) is 6.36. The molecule has 3 nitrogen and oxygen atoms in total. The topological polar surface area (TPSA) is 59.1 Å². The van der Waals surface area contributed by atoms with Crippen LogP contribution in [-0.2, 0) is 0 Å². The van der Waals surface area contributed by atoms with Crippen molar-refractivity contribution in [3.8, 4) is 5.75 Å². The minimum absolute atomic E-state index is 0.188. The Bertz CT molecular complexity index is 426. The monoisotopic (exact) mass is 160 g/mol. The molecule has 1 aromatic carbocycles. The highest BCUT2D eigenvalue weighted by atomic mass is 16.3. The van der Waals surface area contributed by atoms with Crippen LogP contribution in [0.5, 0.6) is 5.75 Å². The molecule has 0 fully saturated rings. The fraction of sp³-hybridized carbons (Fsp3) is 0. The molecule has 1 heterocycles. The molecule has 2 aromatic rings. The maximum Gasteiger partial charge on any atom is 0.141 e. The number of pyridine rings is 1. The lowest BCUT2D eigenvalue weighted by Gasteiger charge is -1.99. The lowest BCUT2D eigenvalue weighted by Crippen LogP contribution is -1.84. The molecule has 2 rings (SSSR count). The van der Waals surface area contributed by atoms with E-state index < -0.39 is 0 Å². The van der Waals surface area contributed by atoms with Gasteiger partial charge in [0.25, 0.3) is 0 Å². The molecule has 0 aliphatic carbocycles. The maximum absolute atomic E-state index is 9.36. The number of rotatable bonds is 0. The molecule has 0 spiro atoms. The molecule has 0 atom stereocenters. The summed E-state index contributed by atoms with van der Waals surface area (Å²) in [6, 6.07) is 5.31. The van der Waals surface area contributed by atoms with Crippen LogP contribution in [0.25, 0.3) is 10.8 Å². The van der Waals surface area contributed by atoms with Crippen molar-refractivity contribution in [3.63, 3.8) is 0 Å². The SMILES string of the molecule is Nc1ccc2c(O)cncc2c1. The molecule has 0 unspecified atom stereocenters. The second-order valence-electron chi connectivity index (χ2n) is 2.64. The molecule has 12 heavy (non-hydrogen) atoms. The summed E-state index contributed by atoms with van der Waals surface area (Å²) in [5.41, 5.74) is 6.24. The van der Waals surface area contributed by atoms with E-state index in [0.29, 0.717) is 5.69 Å². The third-order valence-electron chi connectivity index (χ3n) is 1.76. The fourth-order valence-electron chi connectivity index (χ4n) is 1.18. The Morgan fingerprint density at radius 1 is 1.25 bits per heavy atom. The Balaban J connectivity index is 2.86. The fourth-order valence-corrected chi connectivity index (χ4v) is 1.18. The number of anilines is 1. The van der Waals surface area contributed by atoms with Crippen LogP contribution < -0.4 is 5.73 Å². The summed E-state index contributed by atoms with van der Waals surface area (Å²) in [4.78, 5) is 3.85. The van der Waals surface area contributed by atoms with Gasteiger partial charge in [0.2, 0.25) is 0 Å². The largest absolute Gasteiger partial charge is 0.506 e. The molecule has 0 saturated heterocycles. The van der Waals surface area contributed by atoms with E-state index in [2.05, 4.69) is 4.98 Å². The predicted molar refractivity (Wildman–Crippen MR) is 47.8 cm³/mol. The van der Waals surface area contributed by atoms with E-state index in [0.717, 1.165) is 10.8 Å². The van der Waals surface area contributed by atoms with Crippen molar-refractivity contribution in [1.29, 1.82) is 0 Å². The third kappa shape index (κ3) is 0.955. The van der Waals surface area contributed by atoms with Gasteiger partial charge in [-0.05, 0) is 18.2 Å². The van der Waals surface area contributed by atoms with Gasteiger partial charge in [0.1, 0.15) is 5.75 Å². The number of fused-ring (bicyclic) bond motifs is 1. The van der Waals surface area contributed by atoms with Crippen molar-refractivity contribution >= 4 is 16.5 Å². The van der Waals surface area contributed by atoms with Gasteiger partial charge in [0.05, 0.1) is 6.20 Å². The lowest BCUT2D eigenvalue weighted by molar-refractivity contribution is 0.479. The number of benzene rings is 1. The van der Waals surface area contributed by atoms with Crippen molar-refractivity contribution in [2.45, 2.75) is 0 Å². The predicted octanol–water partition coefficient (Wildman–Crippen LogP) is 1.52. The van der Waals surface area contributed by atoms with E-state index >= 15 is 0 Å². The van der Waals surface area contributed by atoms with Gasteiger partial charge in [-0.15, -0.1) is 0 Å². The first-order chi connectivity index (χ1) is 5.77. The second kappa shape index (κ2) is 2.37. The number of nitrogen functional groups attached to an aromatic ring is 1. The molecule has 0 amide bonds. The van der Waals surface area contributed by atoms with Gasteiger partial charge in [-0.3, -0.25) is 4.98 Å². The molecule has 0 saturated carbocycles. The Morgan fingerprint density at radius 2 is 2.08 bits per heavy atom. The Kier molecular flexibility index (Phi) is 1.37. The zero-order chi connectivity index (χ0) is 8.55. The second-order valence-corrected chi connectivity index (χ2v) is 2.64. The van der Waals surface area contributed by atoms with Gasteiger partial charge in [-0.1, -0.05) is 0 Å². The van der Waals surface area contributed by atoms with Gasteiger partial charge in [0.15, 0.2) is 0 Å². The van der Waals surface area contributed by atoms with Crippen molar-refractivity contribution < 1.29 is 5.11 Å². The number of hydrogen-bond donors (Lipinski definition) is 2. The van der Waals surface area contributed by atoms with E-state index in [1.54, 1.807) is 24.4 Å². The highest BCUT2D eigenvalue weighted by Crippen LogP contribution is 2.24. The summed E-state index contributed by atoms with van der Waals surface area (Å²) in [7, 11) is 0. The van der Waals surface area contributed by atoms with Crippen LogP contribution in [0.1, 0.15) is 0 Å². The molecular formula is C9H8N2O. The van der Waals surface area contributed by atoms with Gasteiger partial charge < -0.3 is 10.8 Å². The van der Waals surface area contributed by atoms with Gasteiger partial charge in [-0.2, -0.15) is 0 Å². The van der Waals surface area contributed by atoms with Crippen LogP contribution in [0.2, 0.25) is 0 Å². The molecular weight excluding hydrogens is 152 g/mol. The summed E-state index contributed by atoms with van der Waals surface area (Å²) in [6.07, 6.45) is 3.09. The van der Waals surface area contributed by atoms with Crippen LogP contribution in [0.3, 0.4) is 0 Å². The van der Waals surface area contributed by atoms with Crippen LogP contribution in [0.15, 0.2) is 30.6 Å². The van der Waals surface area contributed by atoms with Gasteiger partial charge in [-0.25, -0.2) is 0 Å². The molecule has 0 aliphatic rings. The van der Waals surface area contributed by atoms with E-state index in [9.17, 15) is 5.11 Å². The first-order valence-electron chi connectivity index (χ1n) is 3.59. The number of nitrogens with zero attached hydrogens (tertiary/aromatic N) is 1. The molecule has 0 aliphatic heterocycles. The quantitative estimate of drug-likeness (QED) is 0.574. The zero-order valence-corrected chi connectivity index (χ0v) is 6.36. The minimum atomic E-state index is 0.188. The van der Waals surface area contributed by atoms with Crippen LogP contribution in [0, 0.1) is 0 Å². The number of aromatic nitrogens is 1. The molecule has 0 bridgehead atoms. The molecule has 1 aromatic heterocycles. The Morgan fingerprint density at radius 3 is 2.92 bits per heavy atom. The molecule has 3 N–H and O–H groups in total. The number of aromatic hydroxyl groups is 1. The van der Waals surface area contributed by atoms with Gasteiger partial charge in [0, 0.05) is 22.7 Å². The summed E-state index contributed by atoms with van der Waals surface area (Å²) < 4.78 is 0. The van der Waals surface area contributed by atoms with Crippen LogP contribution >= 0.6 is 0 Å². The lowest BCUT2D eigenvalue weighted by atomic mass is 10.1. The van der Waals surface area contributed by atoms with Crippen molar-refractivity contribution in [3.05, 3.63) is 30.6 Å². The summed E-state index contributed by atoms with van der Waals surface area (Å²) in [5.74, 6) is 0.188. The first-order valence-corrected chi connectivity index (χ1v) is 3.59. The van der Waals surface area contributed by atoms with Crippen LogP contribution in [-0.4, -0.2) is 10.1 Å². The Hall–Kier alpha value is -1.77. The summed E-state index contributed by atoms with van der Waals surface area (Å²) in [6.45, 7) is 0. The van der Waals surface area contributed by atoms with Crippen molar-refractivity contribution in [1.82, 2.24) is 4.98 Å². The van der Waals surface area contributed by atoms with Crippen molar-refractivity contribution in [2.24, 2.45) is 0 Å². The normalized spacial score (nSPS) is 10.3. The van der Waals surface area contributed by atoms with E-state index in [4.69, 9.17) is 5.73 Å². The molecule has 0 radical (unpaired) electrons. The van der Waals surface area contributed by atoms with Gasteiger partial charge >= 0.3 is 0 Å². The summed E-state index contributed by atoms with van der Waals surface area (Å²) in [5, 5.41) is 11.0. The average molecular weight is 160 g/mol. The molecule has 3 heteroatoms. The first kappa shape index (κ1) is 6.91. The minimum Gasteiger partial charge on any atom is -0.506 e. The van der Waals surface area contributed by atoms with E-state index in [1.165, 1.54) is 6.20 Å². The van der Waals surface area contributed by atoms with Crippen molar-refractivity contribution in [2.75, 3.05) is 5.73 Å². The smallest absolute Gasteiger partial charge is 0.141 e. The number of hydrogen-bond acceptors (Lipinski definition) is 3. The Labute approximate surface area is 69.5 Å². The highest BCUT2D eigenvalue weighted by Gasteiger charge is 1.98. The molecule has 60 valence electrons. The summed E-state index contributed by atoms with van der Waals surface area (Å²) >= 11 is 0.